The van der Waals surface area contributed by atoms with Crippen molar-refractivity contribution in [3.8, 4) is 0 Å². The minimum absolute atomic E-state index is 0. The maximum absolute atomic E-state index is 12.0. The molecule has 1 aromatic rings. The predicted molar refractivity (Wildman–Crippen MR) is 103 cm³/mol. The van der Waals surface area contributed by atoms with Gasteiger partial charge < -0.3 is 10.6 Å². The molecule has 2 saturated heterocycles. The number of amides is 1. The largest absolute Gasteiger partial charge is 0.351 e. The SMILES string of the molecule is Cl.Cl.O=C(NCc1ccc(CN2CCCCC2)cc1)[C@@H]1CCCN1. The Morgan fingerprint density at radius 1 is 1.04 bits per heavy atom. The molecule has 2 aliphatic heterocycles. The smallest absolute Gasteiger partial charge is 0.237 e. The highest BCUT2D eigenvalue weighted by atomic mass is 35.5. The normalized spacial score (nSPS) is 20.8. The highest BCUT2D eigenvalue weighted by Gasteiger charge is 2.21. The molecule has 3 rings (SSSR count). The summed E-state index contributed by atoms with van der Waals surface area (Å²) in [4.78, 5) is 14.5. The molecule has 4 nitrogen and oxygen atoms in total. The second kappa shape index (κ2) is 10.9. The molecule has 1 amide bonds. The van der Waals surface area contributed by atoms with Gasteiger partial charge in [0.15, 0.2) is 0 Å². The van der Waals surface area contributed by atoms with Gasteiger partial charge in [0.25, 0.3) is 0 Å². The molecule has 0 saturated carbocycles. The van der Waals surface area contributed by atoms with Crippen LogP contribution < -0.4 is 10.6 Å². The monoisotopic (exact) mass is 373 g/mol. The lowest BCUT2D eigenvalue weighted by atomic mass is 10.1. The number of hydrogen-bond acceptors (Lipinski definition) is 3. The molecule has 24 heavy (non-hydrogen) atoms. The van der Waals surface area contributed by atoms with Gasteiger partial charge >= 0.3 is 0 Å². The van der Waals surface area contributed by atoms with E-state index in [1.54, 1.807) is 0 Å². The van der Waals surface area contributed by atoms with Gasteiger partial charge in [0.1, 0.15) is 0 Å². The van der Waals surface area contributed by atoms with Crippen molar-refractivity contribution in [3.63, 3.8) is 0 Å². The van der Waals surface area contributed by atoms with Crippen molar-refractivity contribution in [2.75, 3.05) is 19.6 Å². The summed E-state index contributed by atoms with van der Waals surface area (Å²) in [6.07, 6.45) is 6.10. The fourth-order valence-corrected chi connectivity index (χ4v) is 3.36. The van der Waals surface area contributed by atoms with Gasteiger partial charge in [-0.25, -0.2) is 0 Å². The van der Waals surface area contributed by atoms with E-state index < -0.39 is 0 Å². The Bertz CT molecular complexity index is 484. The topological polar surface area (TPSA) is 44.4 Å². The van der Waals surface area contributed by atoms with Crippen LogP contribution in [0, 0.1) is 0 Å². The van der Waals surface area contributed by atoms with Crippen molar-refractivity contribution in [1.29, 1.82) is 0 Å². The Morgan fingerprint density at radius 2 is 1.71 bits per heavy atom. The van der Waals surface area contributed by atoms with Crippen molar-refractivity contribution in [3.05, 3.63) is 35.4 Å². The molecule has 0 unspecified atom stereocenters. The standard InChI is InChI=1S/C18H27N3O.2ClH/c22-18(17-5-4-10-19-17)20-13-15-6-8-16(9-7-15)14-21-11-2-1-3-12-21;;/h6-9,17,19H,1-5,10-14H2,(H,20,22);2*1H/t17-;;/m0../s1. The number of halogens is 2. The molecule has 2 heterocycles. The third-order valence-corrected chi connectivity index (χ3v) is 4.72. The van der Waals surface area contributed by atoms with Crippen LogP contribution in [0.1, 0.15) is 43.2 Å². The molecule has 6 heteroatoms. The average Bonchev–Trinajstić information content (AvgIpc) is 3.09. The van der Waals surface area contributed by atoms with Gasteiger partial charge in [-0.1, -0.05) is 30.7 Å². The third-order valence-electron chi connectivity index (χ3n) is 4.72. The van der Waals surface area contributed by atoms with Gasteiger partial charge in [-0.3, -0.25) is 9.69 Å². The molecular weight excluding hydrogens is 345 g/mol. The molecule has 2 aliphatic rings. The maximum atomic E-state index is 12.0. The van der Waals surface area contributed by atoms with Gasteiger partial charge in [-0.2, -0.15) is 0 Å². The van der Waals surface area contributed by atoms with E-state index in [9.17, 15) is 4.79 Å². The fraction of sp³-hybridized carbons (Fsp3) is 0.611. The lowest BCUT2D eigenvalue weighted by Gasteiger charge is -2.26. The fourth-order valence-electron chi connectivity index (χ4n) is 3.36. The number of carbonyl (C=O) groups excluding carboxylic acids is 1. The number of nitrogens with zero attached hydrogens (tertiary/aromatic N) is 1. The first-order valence-electron chi connectivity index (χ1n) is 8.62. The minimum Gasteiger partial charge on any atom is -0.351 e. The zero-order valence-electron chi connectivity index (χ0n) is 14.1. The first-order chi connectivity index (χ1) is 10.8. The molecule has 1 aromatic carbocycles. The Hall–Kier alpha value is -0.810. The van der Waals surface area contributed by atoms with Gasteiger partial charge in [0, 0.05) is 13.1 Å². The molecule has 0 aromatic heterocycles. The van der Waals surface area contributed by atoms with Crippen molar-refractivity contribution < 1.29 is 4.79 Å². The van der Waals surface area contributed by atoms with Crippen molar-refractivity contribution in [2.24, 2.45) is 0 Å². The second-order valence-electron chi connectivity index (χ2n) is 6.52. The molecule has 1 atom stereocenters. The zero-order chi connectivity index (χ0) is 15.2. The van der Waals surface area contributed by atoms with E-state index in [4.69, 9.17) is 0 Å². The van der Waals surface area contributed by atoms with Crippen LogP contribution >= 0.6 is 24.8 Å². The number of piperidine rings is 1. The van der Waals surface area contributed by atoms with Crippen LogP contribution in [0.5, 0.6) is 0 Å². The lowest BCUT2D eigenvalue weighted by Crippen LogP contribution is -2.39. The van der Waals surface area contributed by atoms with Crippen molar-refractivity contribution in [1.82, 2.24) is 15.5 Å². The summed E-state index contributed by atoms with van der Waals surface area (Å²) < 4.78 is 0. The van der Waals surface area contributed by atoms with E-state index >= 15 is 0 Å². The number of benzene rings is 1. The molecule has 0 bridgehead atoms. The number of hydrogen-bond donors (Lipinski definition) is 2. The van der Waals surface area contributed by atoms with Crippen LogP contribution in [-0.2, 0) is 17.9 Å². The van der Waals surface area contributed by atoms with Crippen molar-refractivity contribution in [2.45, 2.75) is 51.2 Å². The average molecular weight is 374 g/mol. The van der Waals surface area contributed by atoms with Gasteiger partial charge in [0.05, 0.1) is 6.04 Å². The molecule has 2 fully saturated rings. The summed E-state index contributed by atoms with van der Waals surface area (Å²) in [5, 5.41) is 6.26. The van der Waals surface area contributed by atoms with Crippen LogP contribution in [0.3, 0.4) is 0 Å². The van der Waals surface area contributed by atoms with Crippen LogP contribution in [0.15, 0.2) is 24.3 Å². The number of rotatable bonds is 5. The molecule has 0 spiro atoms. The predicted octanol–water partition coefficient (Wildman–Crippen LogP) is 2.88. The van der Waals surface area contributed by atoms with Crippen LogP contribution in [0.4, 0.5) is 0 Å². The van der Waals surface area contributed by atoms with Crippen LogP contribution in [0.25, 0.3) is 0 Å². The van der Waals surface area contributed by atoms with Crippen LogP contribution in [0.2, 0.25) is 0 Å². The molecular formula is C18H29Cl2N3O. The Kier molecular flexibility index (Phi) is 9.67. The third kappa shape index (κ3) is 6.25. The van der Waals surface area contributed by atoms with E-state index in [0.717, 1.165) is 25.9 Å². The summed E-state index contributed by atoms with van der Waals surface area (Å²) in [5.74, 6) is 0.134. The van der Waals surface area contributed by atoms with E-state index in [-0.39, 0.29) is 36.8 Å². The first kappa shape index (κ1) is 21.2. The van der Waals surface area contributed by atoms with E-state index in [0.29, 0.717) is 6.54 Å². The summed E-state index contributed by atoms with van der Waals surface area (Å²) in [7, 11) is 0. The summed E-state index contributed by atoms with van der Waals surface area (Å²) >= 11 is 0. The van der Waals surface area contributed by atoms with Gasteiger partial charge in [0.2, 0.25) is 5.91 Å². The van der Waals surface area contributed by atoms with E-state index in [1.807, 2.05) is 0 Å². The molecule has 2 N–H and O–H groups in total. The molecule has 0 radical (unpaired) electrons. The first-order valence-corrected chi connectivity index (χ1v) is 8.62. The summed E-state index contributed by atoms with van der Waals surface area (Å²) in [6.45, 7) is 5.10. The minimum atomic E-state index is 0. The quantitative estimate of drug-likeness (QED) is 0.833. The molecule has 0 aliphatic carbocycles. The van der Waals surface area contributed by atoms with Crippen LogP contribution in [-0.4, -0.2) is 36.5 Å². The maximum Gasteiger partial charge on any atom is 0.237 e. The second-order valence-corrected chi connectivity index (χ2v) is 6.52. The summed E-state index contributed by atoms with van der Waals surface area (Å²) in [6, 6.07) is 8.69. The number of carbonyl (C=O) groups is 1. The Labute approximate surface area is 157 Å². The highest BCUT2D eigenvalue weighted by Crippen LogP contribution is 2.13. The van der Waals surface area contributed by atoms with Gasteiger partial charge in [-0.15, -0.1) is 24.8 Å². The Morgan fingerprint density at radius 3 is 2.33 bits per heavy atom. The van der Waals surface area contributed by atoms with E-state index in [1.165, 1.54) is 43.5 Å². The Balaban J connectivity index is 0.00000144. The summed E-state index contributed by atoms with van der Waals surface area (Å²) in [5.41, 5.74) is 2.54. The van der Waals surface area contributed by atoms with E-state index in [2.05, 4.69) is 39.8 Å². The van der Waals surface area contributed by atoms with Crippen molar-refractivity contribution >= 4 is 30.7 Å². The number of likely N-dealkylation sites (tertiary alicyclic amines) is 1. The number of nitrogens with one attached hydrogen (secondary N) is 2. The lowest BCUT2D eigenvalue weighted by molar-refractivity contribution is -0.122. The zero-order valence-corrected chi connectivity index (χ0v) is 15.8. The molecule has 136 valence electrons. The highest BCUT2D eigenvalue weighted by molar-refractivity contribution is 5.85. The van der Waals surface area contributed by atoms with Gasteiger partial charge in [-0.05, 0) is 56.4 Å².